The molecular weight excluding hydrogens is 198 g/mol. The highest BCUT2D eigenvalue weighted by molar-refractivity contribution is 6.01. The summed E-state index contributed by atoms with van der Waals surface area (Å²) in [5.41, 5.74) is 0.549. The molecule has 15 heavy (non-hydrogen) atoms. The quantitative estimate of drug-likeness (QED) is 0.743. The van der Waals surface area contributed by atoms with Crippen molar-refractivity contribution in [2.24, 2.45) is 7.05 Å². The molecular formula is C9H11N3O3. The molecule has 1 aliphatic rings. The molecule has 0 saturated carbocycles. The number of rotatable bonds is 2. The molecule has 1 saturated heterocycles. The third-order valence-corrected chi connectivity index (χ3v) is 2.47. The standard InChI is InChI=1S/C9H11N3O3/c1-11-5-6(4-10-11)12-7(9(14)15)2-3-8(12)13/h4-5,7H,2-3H2,1H3,(H,14,15). The number of carbonyl (C=O) groups is 2. The van der Waals surface area contributed by atoms with Crippen LogP contribution < -0.4 is 4.90 Å². The lowest BCUT2D eigenvalue weighted by Gasteiger charge is -2.19. The second-order valence-electron chi connectivity index (χ2n) is 3.53. The maximum atomic E-state index is 11.5. The van der Waals surface area contributed by atoms with Gasteiger partial charge in [0.05, 0.1) is 11.9 Å². The number of carbonyl (C=O) groups excluding carboxylic acids is 1. The van der Waals surface area contributed by atoms with Gasteiger partial charge in [-0.15, -0.1) is 0 Å². The summed E-state index contributed by atoms with van der Waals surface area (Å²) in [5, 5.41) is 12.9. The van der Waals surface area contributed by atoms with Crippen LogP contribution in [0.25, 0.3) is 0 Å². The molecule has 80 valence electrons. The third-order valence-electron chi connectivity index (χ3n) is 2.47. The van der Waals surface area contributed by atoms with E-state index in [1.165, 1.54) is 11.1 Å². The number of hydrogen-bond acceptors (Lipinski definition) is 3. The largest absolute Gasteiger partial charge is 0.480 e. The lowest BCUT2D eigenvalue weighted by molar-refractivity contribution is -0.138. The van der Waals surface area contributed by atoms with Gasteiger partial charge in [-0.2, -0.15) is 5.10 Å². The van der Waals surface area contributed by atoms with Crippen LogP contribution in [0.3, 0.4) is 0 Å². The molecule has 2 heterocycles. The van der Waals surface area contributed by atoms with Crippen molar-refractivity contribution in [3.8, 4) is 0 Å². The molecule has 0 spiro atoms. The van der Waals surface area contributed by atoms with Gasteiger partial charge < -0.3 is 5.11 Å². The minimum atomic E-state index is -0.968. The minimum absolute atomic E-state index is 0.157. The van der Waals surface area contributed by atoms with Crippen LogP contribution in [-0.4, -0.2) is 32.8 Å². The van der Waals surface area contributed by atoms with Gasteiger partial charge in [0.2, 0.25) is 5.91 Å². The lowest BCUT2D eigenvalue weighted by atomic mass is 10.2. The Hall–Kier alpha value is -1.85. The Kier molecular flexibility index (Phi) is 2.18. The van der Waals surface area contributed by atoms with Crippen LogP contribution in [0.15, 0.2) is 12.4 Å². The van der Waals surface area contributed by atoms with Crippen LogP contribution in [0, 0.1) is 0 Å². The Balaban J connectivity index is 2.32. The van der Waals surface area contributed by atoms with E-state index in [1.54, 1.807) is 17.9 Å². The normalized spacial score (nSPS) is 21.0. The van der Waals surface area contributed by atoms with Crippen molar-refractivity contribution in [1.29, 1.82) is 0 Å². The van der Waals surface area contributed by atoms with Crippen LogP contribution in [-0.2, 0) is 16.6 Å². The first-order valence-electron chi connectivity index (χ1n) is 4.63. The first-order valence-corrected chi connectivity index (χ1v) is 4.63. The van der Waals surface area contributed by atoms with Crippen LogP contribution in [0.5, 0.6) is 0 Å². The smallest absolute Gasteiger partial charge is 0.326 e. The molecule has 1 aromatic heterocycles. The molecule has 1 unspecified atom stereocenters. The van der Waals surface area contributed by atoms with E-state index >= 15 is 0 Å². The summed E-state index contributed by atoms with van der Waals surface area (Å²) in [6, 6.07) is -0.748. The van der Waals surface area contributed by atoms with E-state index in [4.69, 9.17) is 5.11 Å². The van der Waals surface area contributed by atoms with Crippen molar-refractivity contribution < 1.29 is 14.7 Å². The SMILES string of the molecule is Cn1cc(N2C(=O)CCC2C(=O)O)cn1. The van der Waals surface area contributed by atoms with E-state index in [9.17, 15) is 9.59 Å². The van der Waals surface area contributed by atoms with Gasteiger partial charge in [0.15, 0.2) is 0 Å². The van der Waals surface area contributed by atoms with Gasteiger partial charge in [0.25, 0.3) is 0 Å². The average Bonchev–Trinajstić information content (AvgIpc) is 2.71. The van der Waals surface area contributed by atoms with Gasteiger partial charge in [-0.25, -0.2) is 4.79 Å². The van der Waals surface area contributed by atoms with Gasteiger partial charge in [0.1, 0.15) is 6.04 Å². The molecule has 1 aliphatic heterocycles. The monoisotopic (exact) mass is 209 g/mol. The number of anilines is 1. The highest BCUT2D eigenvalue weighted by Crippen LogP contribution is 2.25. The number of amides is 1. The van der Waals surface area contributed by atoms with Crippen LogP contribution in [0.4, 0.5) is 5.69 Å². The maximum Gasteiger partial charge on any atom is 0.326 e. The Morgan fingerprint density at radius 1 is 1.67 bits per heavy atom. The third kappa shape index (κ3) is 1.58. The molecule has 0 radical (unpaired) electrons. The fourth-order valence-corrected chi connectivity index (χ4v) is 1.77. The van der Waals surface area contributed by atoms with E-state index in [0.717, 1.165) is 0 Å². The summed E-state index contributed by atoms with van der Waals surface area (Å²) < 4.78 is 1.54. The summed E-state index contributed by atoms with van der Waals surface area (Å²) in [7, 11) is 1.72. The molecule has 1 amide bonds. The van der Waals surface area contributed by atoms with E-state index in [0.29, 0.717) is 12.1 Å². The number of aromatic nitrogens is 2. The van der Waals surface area contributed by atoms with Gasteiger partial charge in [0, 0.05) is 19.7 Å². The van der Waals surface area contributed by atoms with Crippen molar-refractivity contribution in [2.75, 3.05) is 4.90 Å². The molecule has 2 rings (SSSR count). The zero-order valence-electron chi connectivity index (χ0n) is 8.25. The van der Waals surface area contributed by atoms with Crippen LogP contribution >= 0.6 is 0 Å². The molecule has 1 atom stereocenters. The second kappa shape index (κ2) is 3.38. The number of carboxylic acid groups (broad SMARTS) is 1. The number of aryl methyl sites for hydroxylation is 1. The van der Waals surface area contributed by atoms with Crippen LogP contribution in [0.1, 0.15) is 12.8 Å². The van der Waals surface area contributed by atoms with Crippen molar-refractivity contribution in [3.05, 3.63) is 12.4 Å². The molecule has 6 nitrogen and oxygen atoms in total. The summed E-state index contributed by atoms with van der Waals surface area (Å²) >= 11 is 0. The molecule has 0 bridgehead atoms. The maximum absolute atomic E-state index is 11.5. The number of nitrogens with zero attached hydrogens (tertiary/aromatic N) is 3. The number of carboxylic acids is 1. The van der Waals surface area contributed by atoms with Gasteiger partial charge in [-0.3, -0.25) is 14.4 Å². The first kappa shape index (κ1) is 9.70. The molecule has 1 aromatic rings. The fourth-order valence-electron chi connectivity index (χ4n) is 1.77. The number of aliphatic carboxylic acids is 1. The lowest BCUT2D eigenvalue weighted by Crippen LogP contribution is -2.38. The number of hydrogen-bond donors (Lipinski definition) is 1. The van der Waals surface area contributed by atoms with Crippen molar-refractivity contribution in [2.45, 2.75) is 18.9 Å². The average molecular weight is 209 g/mol. The van der Waals surface area contributed by atoms with E-state index < -0.39 is 12.0 Å². The molecule has 0 aliphatic carbocycles. The highest BCUT2D eigenvalue weighted by Gasteiger charge is 2.37. The van der Waals surface area contributed by atoms with E-state index in [2.05, 4.69) is 5.10 Å². The molecule has 1 N–H and O–H groups in total. The second-order valence-corrected chi connectivity index (χ2v) is 3.53. The van der Waals surface area contributed by atoms with Gasteiger partial charge in [-0.1, -0.05) is 0 Å². The Labute approximate surface area is 86.1 Å². The fraction of sp³-hybridized carbons (Fsp3) is 0.444. The highest BCUT2D eigenvalue weighted by atomic mass is 16.4. The Bertz CT molecular complexity index is 412. The zero-order valence-corrected chi connectivity index (χ0v) is 8.25. The topological polar surface area (TPSA) is 75.4 Å². The Morgan fingerprint density at radius 3 is 2.93 bits per heavy atom. The van der Waals surface area contributed by atoms with Crippen molar-refractivity contribution in [3.63, 3.8) is 0 Å². The summed E-state index contributed by atoms with van der Waals surface area (Å²) in [4.78, 5) is 23.7. The van der Waals surface area contributed by atoms with Crippen molar-refractivity contribution >= 4 is 17.6 Å². The summed E-state index contributed by atoms with van der Waals surface area (Å²) in [6.07, 6.45) is 3.78. The van der Waals surface area contributed by atoms with E-state index in [-0.39, 0.29) is 12.3 Å². The minimum Gasteiger partial charge on any atom is -0.480 e. The van der Waals surface area contributed by atoms with Gasteiger partial charge >= 0.3 is 5.97 Å². The molecule has 0 aromatic carbocycles. The van der Waals surface area contributed by atoms with Gasteiger partial charge in [-0.05, 0) is 6.42 Å². The van der Waals surface area contributed by atoms with Crippen LogP contribution in [0.2, 0.25) is 0 Å². The zero-order chi connectivity index (χ0) is 11.0. The van der Waals surface area contributed by atoms with E-state index in [1.807, 2.05) is 0 Å². The summed E-state index contributed by atoms with van der Waals surface area (Å²) in [5.74, 6) is -1.12. The predicted molar refractivity (Wildman–Crippen MR) is 51.4 cm³/mol. The summed E-state index contributed by atoms with van der Waals surface area (Å²) in [6.45, 7) is 0. The molecule has 1 fully saturated rings. The Morgan fingerprint density at radius 2 is 2.40 bits per heavy atom. The predicted octanol–water partition coefficient (Wildman–Crippen LogP) is 0.0001000. The first-order chi connectivity index (χ1) is 7.09. The molecule has 6 heteroatoms. The van der Waals surface area contributed by atoms with Crippen molar-refractivity contribution in [1.82, 2.24) is 9.78 Å².